The van der Waals surface area contributed by atoms with E-state index in [4.69, 9.17) is 16.0 Å². The molecule has 1 aliphatic carbocycles. The molecule has 0 spiro atoms. The predicted molar refractivity (Wildman–Crippen MR) is 121 cm³/mol. The van der Waals surface area contributed by atoms with Gasteiger partial charge in [0.25, 0.3) is 11.8 Å². The Bertz CT molecular complexity index is 1110. The van der Waals surface area contributed by atoms with E-state index in [-0.39, 0.29) is 29.2 Å². The Morgan fingerprint density at radius 1 is 1.00 bits per heavy atom. The fourth-order valence-corrected chi connectivity index (χ4v) is 3.46. The van der Waals surface area contributed by atoms with Gasteiger partial charge in [-0.1, -0.05) is 41.9 Å². The molecule has 8 heteroatoms. The van der Waals surface area contributed by atoms with Crippen molar-refractivity contribution in [3.63, 3.8) is 0 Å². The lowest BCUT2D eigenvalue weighted by Crippen LogP contribution is -2.45. The van der Waals surface area contributed by atoms with E-state index in [1.807, 2.05) is 30.3 Å². The minimum Gasteiger partial charge on any atom is -0.459 e. The van der Waals surface area contributed by atoms with Crippen LogP contribution in [0.4, 0.5) is 5.69 Å². The topological polar surface area (TPSA) is 100 Å². The fourth-order valence-electron chi connectivity index (χ4n) is 3.19. The summed E-state index contributed by atoms with van der Waals surface area (Å²) in [7, 11) is 0. The van der Waals surface area contributed by atoms with Crippen LogP contribution >= 0.6 is 11.6 Å². The molecule has 1 fully saturated rings. The van der Waals surface area contributed by atoms with Crippen LogP contribution in [0.15, 0.2) is 71.3 Å². The van der Waals surface area contributed by atoms with E-state index in [1.54, 1.807) is 18.2 Å². The number of amides is 3. The normalized spacial score (nSPS) is 13.8. The molecule has 32 heavy (non-hydrogen) atoms. The van der Waals surface area contributed by atoms with Crippen molar-refractivity contribution in [1.29, 1.82) is 0 Å². The van der Waals surface area contributed by atoms with Gasteiger partial charge in [-0.2, -0.15) is 0 Å². The maximum atomic E-state index is 13.0. The second-order valence-electron chi connectivity index (χ2n) is 7.62. The first-order valence-electron chi connectivity index (χ1n) is 10.3. The molecule has 0 radical (unpaired) electrons. The predicted octanol–water partition coefficient (Wildman–Crippen LogP) is 3.81. The first-order valence-corrected chi connectivity index (χ1v) is 10.7. The van der Waals surface area contributed by atoms with E-state index in [9.17, 15) is 14.4 Å². The van der Waals surface area contributed by atoms with Gasteiger partial charge < -0.3 is 20.4 Å². The number of rotatable bonds is 8. The van der Waals surface area contributed by atoms with Crippen LogP contribution in [0.2, 0.25) is 5.02 Å². The molecule has 0 bridgehead atoms. The molecular formula is C24H22ClN3O4. The summed E-state index contributed by atoms with van der Waals surface area (Å²) >= 11 is 6.28. The number of hydrogen-bond donors (Lipinski definition) is 3. The van der Waals surface area contributed by atoms with Crippen LogP contribution in [0.25, 0.3) is 0 Å². The third-order valence-corrected chi connectivity index (χ3v) is 5.36. The van der Waals surface area contributed by atoms with E-state index in [0.717, 1.165) is 18.4 Å². The molecule has 1 aliphatic rings. The van der Waals surface area contributed by atoms with Gasteiger partial charge in [0.15, 0.2) is 5.76 Å². The lowest BCUT2D eigenvalue weighted by molar-refractivity contribution is -0.118. The maximum Gasteiger partial charge on any atom is 0.287 e. The molecule has 4 rings (SSSR count). The second kappa shape index (κ2) is 9.70. The highest BCUT2D eigenvalue weighted by atomic mass is 35.5. The van der Waals surface area contributed by atoms with Gasteiger partial charge in [0, 0.05) is 18.2 Å². The van der Waals surface area contributed by atoms with Crippen LogP contribution in [0.1, 0.15) is 39.3 Å². The van der Waals surface area contributed by atoms with Crippen LogP contribution in [0.3, 0.4) is 0 Å². The third kappa shape index (κ3) is 5.56. The molecule has 1 saturated carbocycles. The van der Waals surface area contributed by atoms with E-state index in [2.05, 4.69) is 16.0 Å². The van der Waals surface area contributed by atoms with Crippen LogP contribution in [0, 0.1) is 0 Å². The SMILES string of the molecule is O=C(NC(Cc1ccccc1)C(=O)Nc1ccc(C(=O)NC2CC2)c(Cl)c1)c1ccco1. The van der Waals surface area contributed by atoms with Gasteiger partial charge in [-0.05, 0) is 48.7 Å². The first-order chi connectivity index (χ1) is 15.5. The summed E-state index contributed by atoms with van der Waals surface area (Å²) in [6, 6.07) is 16.6. The van der Waals surface area contributed by atoms with Gasteiger partial charge >= 0.3 is 0 Å². The molecule has 0 saturated heterocycles. The van der Waals surface area contributed by atoms with Crippen molar-refractivity contribution in [3.8, 4) is 0 Å². The second-order valence-corrected chi connectivity index (χ2v) is 8.03. The average Bonchev–Trinajstić information content (AvgIpc) is 3.41. The quantitative estimate of drug-likeness (QED) is 0.485. The Morgan fingerprint density at radius 2 is 1.78 bits per heavy atom. The molecule has 164 valence electrons. The number of carbonyl (C=O) groups excluding carboxylic acids is 3. The van der Waals surface area contributed by atoms with E-state index >= 15 is 0 Å². The van der Waals surface area contributed by atoms with Crippen molar-refractivity contribution in [3.05, 3.63) is 88.8 Å². The summed E-state index contributed by atoms with van der Waals surface area (Å²) in [5.41, 5.74) is 1.66. The van der Waals surface area contributed by atoms with E-state index < -0.39 is 17.9 Å². The van der Waals surface area contributed by atoms with Crippen LogP contribution in [0.5, 0.6) is 0 Å². The highest BCUT2D eigenvalue weighted by Gasteiger charge is 2.26. The number of halogens is 1. The summed E-state index contributed by atoms with van der Waals surface area (Å²) in [5, 5.41) is 8.61. The zero-order valence-electron chi connectivity index (χ0n) is 17.1. The highest BCUT2D eigenvalue weighted by molar-refractivity contribution is 6.34. The minimum absolute atomic E-state index is 0.116. The van der Waals surface area contributed by atoms with Gasteiger partial charge in [-0.15, -0.1) is 0 Å². The van der Waals surface area contributed by atoms with Crippen molar-refractivity contribution in [2.75, 3.05) is 5.32 Å². The van der Waals surface area contributed by atoms with Gasteiger partial charge in [0.05, 0.1) is 16.8 Å². The molecule has 2 aromatic carbocycles. The number of anilines is 1. The molecule has 1 atom stereocenters. The Hall–Kier alpha value is -3.58. The van der Waals surface area contributed by atoms with Crippen LogP contribution in [-0.4, -0.2) is 29.8 Å². The summed E-state index contributed by atoms with van der Waals surface area (Å²) in [6.07, 6.45) is 3.63. The molecular weight excluding hydrogens is 430 g/mol. The molecule has 0 aliphatic heterocycles. The largest absolute Gasteiger partial charge is 0.459 e. The zero-order chi connectivity index (χ0) is 22.5. The first kappa shape index (κ1) is 21.6. The molecule has 1 aromatic heterocycles. The fraction of sp³-hybridized carbons (Fsp3) is 0.208. The van der Waals surface area contributed by atoms with Crippen molar-refractivity contribution in [1.82, 2.24) is 10.6 Å². The van der Waals surface area contributed by atoms with Crippen molar-refractivity contribution >= 4 is 35.0 Å². The molecule has 3 aromatic rings. The number of benzene rings is 2. The smallest absolute Gasteiger partial charge is 0.287 e. The Kier molecular flexibility index (Phi) is 6.56. The number of furan rings is 1. The van der Waals surface area contributed by atoms with Crippen molar-refractivity contribution in [2.24, 2.45) is 0 Å². The highest BCUT2D eigenvalue weighted by Crippen LogP contribution is 2.24. The Morgan fingerprint density at radius 3 is 2.44 bits per heavy atom. The summed E-state index contributed by atoms with van der Waals surface area (Å²) < 4.78 is 5.13. The average molecular weight is 452 g/mol. The van der Waals surface area contributed by atoms with Crippen molar-refractivity contribution < 1.29 is 18.8 Å². The number of carbonyl (C=O) groups is 3. The van der Waals surface area contributed by atoms with E-state index in [0.29, 0.717) is 11.3 Å². The van der Waals surface area contributed by atoms with Crippen molar-refractivity contribution in [2.45, 2.75) is 31.3 Å². The van der Waals surface area contributed by atoms with Gasteiger partial charge in [-0.25, -0.2) is 0 Å². The maximum absolute atomic E-state index is 13.0. The summed E-state index contributed by atoms with van der Waals surface area (Å²) in [5.74, 6) is -1.02. The third-order valence-electron chi connectivity index (χ3n) is 5.04. The number of hydrogen-bond acceptors (Lipinski definition) is 4. The monoisotopic (exact) mass is 451 g/mol. The van der Waals surface area contributed by atoms with Gasteiger partial charge in [-0.3, -0.25) is 14.4 Å². The lowest BCUT2D eigenvalue weighted by Gasteiger charge is -2.18. The molecule has 1 unspecified atom stereocenters. The molecule has 3 amide bonds. The Balaban J connectivity index is 1.47. The molecule has 7 nitrogen and oxygen atoms in total. The van der Waals surface area contributed by atoms with E-state index in [1.165, 1.54) is 18.4 Å². The molecule has 3 N–H and O–H groups in total. The van der Waals surface area contributed by atoms with Crippen LogP contribution < -0.4 is 16.0 Å². The number of nitrogens with one attached hydrogen (secondary N) is 3. The minimum atomic E-state index is -0.855. The molecule has 1 heterocycles. The van der Waals surface area contributed by atoms with Crippen LogP contribution in [-0.2, 0) is 11.2 Å². The van der Waals surface area contributed by atoms with Gasteiger partial charge in [0.1, 0.15) is 6.04 Å². The van der Waals surface area contributed by atoms with Gasteiger partial charge in [0.2, 0.25) is 5.91 Å². The lowest BCUT2D eigenvalue weighted by atomic mass is 10.0. The Labute approximate surface area is 190 Å². The zero-order valence-corrected chi connectivity index (χ0v) is 17.9. The summed E-state index contributed by atoms with van der Waals surface area (Å²) in [6.45, 7) is 0. The standard InChI is InChI=1S/C24H22ClN3O4/c25-19-14-17(10-11-18(19)22(29)26-16-8-9-16)27-23(30)20(13-15-5-2-1-3-6-15)28-24(31)21-7-4-12-32-21/h1-7,10-12,14,16,20H,8-9,13H2,(H,26,29)(H,27,30)(H,28,31). The summed E-state index contributed by atoms with van der Waals surface area (Å²) in [4.78, 5) is 37.8.